The van der Waals surface area contributed by atoms with E-state index >= 15 is 0 Å². The molecule has 0 bridgehead atoms. The van der Waals surface area contributed by atoms with Crippen molar-refractivity contribution >= 4 is 28.9 Å². The second kappa shape index (κ2) is 9.32. The number of hydrogen-bond acceptors (Lipinski definition) is 5. The second-order valence-electron chi connectivity index (χ2n) is 7.25. The standard InChI is InChI=1S/C22H28N4O3/c1-15-6-9-20(29-2)19(12-15)25-21(27)14-24-18-8-7-16(13-17(18)22(23)28)26-10-4-3-5-11-26/h6-9,12-13,24H,3-5,10-11,14H2,1-2H3,(H2,23,28)(H,25,27). The van der Waals surface area contributed by atoms with Crippen LogP contribution in [0, 0.1) is 6.92 Å². The normalized spacial score (nSPS) is 13.7. The van der Waals surface area contributed by atoms with Gasteiger partial charge in [0.2, 0.25) is 5.91 Å². The van der Waals surface area contributed by atoms with Crippen LogP contribution in [0.1, 0.15) is 35.2 Å². The molecule has 0 aromatic heterocycles. The Kier molecular flexibility index (Phi) is 6.59. The number of aryl methyl sites for hydroxylation is 1. The van der Waals surface area contributed by atoms with Gasteiger partial charge in [-0.2, -0.15) is 0 Å². The molecule has 2 aromatic rings. The van der Waals surface area contributed by atoms with Crippen molar-refractivity contribution in [1.82, 2.24) is 0 Å². The largest absolute Gasteiger partial charge is 0.495 e. The van der Waals surface area contributed by atoms with Gasteiger partial charge in [0.05, 0.1) is 24.9 Å². The quantitative estimate of drug-likeness (QED) is 0.668. The minimum absolute atomic E-state index is 0.000434. The van der Waals surface area contributed by atoms with E-state index in [1.807, 2.05) is 37.3 Å². The molecule has 3 rings (SSSR count). The molecule has 1 saturated heterocycles. The summed E-state index contributed by atoms with van der Waals surface area (Å²) >= 11 is 0. The van der Waals surface area contributed by atoms with Crippen LogP contribution in [0.25, 0.3) is 0 Å². The Morgan fingerprint density at radius 3 is 2.52 bits per heavy atom. The number of carbonyl (C=O) groups excluding carboxylic acids is 2. The van der Waals surface area contributed by atoms with E-state index in [9.17, 15) is 9.59 Å². The summed E-state index contributed by atoms with van der Waals surface area (Å²) < 4.78 is 5.28. The molecule has 1 fully saturated rings. The number of ether oxygens (including phenoxy) is 1. The highest BCUT2D eigenvalue weighted by Crippen LogP contribution is 2.27. The van der Waals surface area contributed by atoms with Crippen molar-refractivity contribution in [2.75, 3.05) is 42.3 Å². The van der Waals surface area contributed by atoms with Gasteiger partial charge in [-0.3, -0.25) is 9.59 Å². The smallest absolute Gasteiger partial charge is 0.250 e. The number of nitrogens with two attached hydrogens (primary N) is 1. The van der Waals surface area contributed by atoms with Crippen molar-refractivity contribution in [3.63, 3.8) is 0 Å². The van der Waals surface area contributed by atoms with E-state index in [0.29, 0.717) is 22.7 Å². The fourth-order valence-electron chi connectivity index (χ4n) is 3.53. The lowest BCUT2D eigenvalue weighted by atomic mass is 10.1. The van der Waals surface area contributed by atoms with Gasteiger partial charge in [-0.05, 0) is 62.1 Å². The molecule has 0 radical (unpaired) electrons. The predicted molar refractivity (Wildman–Crippen MR) is 116 cm³/mol. The molecule has 0 unspecified atom stereocenters. The van der Waals surface area contributed by atoms with Gasteiger partial charge in [0.25, 0.3) is 5.91 Å². The van der Waals surface area contributed by atoms with Crippen LogP contribution in [-0.2, 0) is 4.79 Å². The van der Waals surface area contributed by atoms with Crippen molar-refractivity contribution < 1.29 is 14.3 Å². The van der Waals surface area contributed by atoms with Crippen LogP contribution >= 0.6 is 0 Å². The van der Waals surface area contributed by atoms with Crippen LogP contribution in [0.15, 0.2) is 36.4 Å². The summed E-state index contributed by atoms with van der Waals surface area (Å²) in [6.45, 7) is 3.90. The minimum atomic E-state index is -0.521. The third-order valence-corrected chi connectivity index (χ3v) is 5.06. The first-order valence-corrected chi connectivity index (χ1v) is 9.85. The number of piperidine rings is 1. The van der Waals surface area contributed by atoms with E-state index in [4.69, 9.17) is 10.5 Å². The van der Waals surface area contributed by atoms with Crippen LogP contribution in [0.2, 0.25) is 0 Å². The lowest BCUT2D eigenvalue weighted by Crippen LogP contribution is -2.30. The van der Waals surface area contributed by atoms with Crippen LogP contribution in [-0.4, -0.2) is 38.6 Å². The maximum atomic E-state index is 12.4. The SMILES string of the molecule is COc1ccc(C)cc1NC(=O)CNc1ccc(N2CCCCC2)cc1C(N)=O. The van der Waals surface area contributed by atoms with Crippen molar-refractivity contribution in [2.45, 2.75) is 26.2 Å². The van der Waals surface area contributed by atoms with Gasteiger partial charge in [0.15, 0.2) is 0 Å². The summed E-state index contributed by atoms with van der Waals surface area (Å²) in [5.41, 5.74) is 9.12. The Labute approximate surface area is 171 Å². The van der Waals surface area contributed by atoms with E-state index in [0.717, 1.165) is 37.2 Å². The van der Waals surface area contributed by atoms with Crippen LogP contribution in [0.3, 0.4) is 0 Å². The molecule has 0 aliphatic carbocycles. The molecule has 1 aliphatic rings. The van der Waals surface area contributed by atoms with E-state index in [2.05, 4.69) is 15.5 Å². The maximum absolute atomic E-state index is 12.4. The number of amides is 2. The first-order chi connectivity index (χ1) is 14.0. The Morgan fingerprint density at radius 2 is 1.83 bits per heavy atom. The van der Waals surface area contributed by atoms with Gasteiger partial charge in [-0.15, -0.1) is 0 Å². The number of anilines is 3. The fraction of sp³-hybridized carbons (Fsp3) is 0.364. The third kappa shape index (κ3) is 5.19. The molecule has 1 aliphatic heterocycles. The molecule has 7 heteroatoms. The Hall–Kier alpha value is -3.22. The molecule has 29 heavy (non-hydrogen) atoms. The third-order valence-electron chi connectivity index (χ3n) is 5.06. The molecule has 154 valence electrons. The number of primary amides is 1. The van der Waals surface area contributed by atoms with Gasteiger partial charge in [0, 0.05) is 24.5 Å². The monoisotopic (exact) mass is 396 g/mol. The Balaban J connectivity index is 1.68. The first kappa shape index (κ1) is 20.5. The van der Waals surface area contributed by atoms with Gasteiger partial charge in [0.1, 0.15) is 5.75 Å². The van der Waals surface area contributed by atoms with E-state index in [1.54, 1.807) is 13.2 Å². The first-order valence-electron chi connectivity index (χ1n) is 9.85. The van der Waals surface area contributed by atoms with Gasteiger partial charge < -0.3 is 26.0 Å². The molecular formula is C22H28N4O3. The summed E-state index contributed by atoms with van der Waals surface area (Å²) in [6, 6.07) is 11.1. The zero-order chi connectivity index (χ0) is 20.8. The molecule has 0 atom stereocenters. The average molecular weight is 396 g/mol. The van der Waals surface area contributed by atoms with Crippen LogP contribution in [0.5, 0.6) is 5.75 Å². The van der Waals surface area contributed by atoms with Crippen molar-refractivity contribution in [3.05, 3.63) is 47.5 Å². The molecule has 2 amide bonds. The van der Waals surface area contributed by atoms with Crippen LogP contribution < -0.4 is 26.0 Å². The maximum Gasteiger partial charge on any atom is 0.250 e. The van der Waals surface area contributed by atoms with E-state index < -0.39 is 5.91 Å². The number of benzene rings is 2. The van der Waals surface area contributed by atoms with Crippen molar-refractivity contribution in [3.8, 4) is 5.75 Å². The number of carbonyl (C=O) groups is 2. The zero-order valence-corrected chi connectivity index (χ0v) is 17.0. The molecule has 2 aromatic carbocycles. The Bertz CT molecular complexity index is 892. The summed E-state index contributed by atoms with van der Waals surface area (Å²) in [5, 5.41) is 5.86. The summed E-state index contributed by atoms with van der Waals surface area (Å²) in [6.07, 6.45) is 3.53. The van der Waals surface area contributed by atoms with E-state index in [-0.39, 0.29) is 12.5 Å². The van der Waals surface area contributed by atoms with Crippen molar-refractivity contribution in [2.24, 2.45) is 5.73 Å². The zero-order valence-electron chi connectivity index (χ0n) is 17.0. The fourth-order valence-corrected chi connectivity index (χ4v) is 3.53. The topological polar surface area (TPSA) is 96.7 Å². The number of hydrogen-bond donors (Lipinski definition) is 3. The number of rotatable bonds is 7. The van der Waals surface area contributed by atoms with Gasteiger partial charge in [-0.1, -0.05) is 6.07 Å². The molecule has 0 saturated carbocycles. The molecule has 0 spiro atoms. The predicted octanol–water partition coefficient (Wildman–Crippen LogP) is 3.14. The highest BCUT2D eigenvalue weighted by atomic mass is 16.5. The summed E-state index contributed by atoms with van der Waals surface area (Å²) in [7, 11) is 1.56. The highest BCUT2D eigenvalue weighted by Gasteiger charge is 2.16. The number of nitrogens with zero attached hydrogens (tertiary/aromatic N) is 1. The highest BCUT2D eigenvalue weighted by molar-refractivity contribution is 6.01. The number of nitrogens with one attached hydrogen (secondary N) is 2. The van der Waals surface area contributed by atoms with Crippen molar-refractivity contribution in [1.29, 1.82) is 0 Å². The number of methoxy groups -OCH3 is 1. The van der Waals surface area contributed by atoms with E-state index in [1.165, 1.54) is 6.42 Å². The lowest BCUT2D eigenvalue weighted by molar-refractivity contribution is -0.114. The molecule has 4 N–H and O–H groups in total. The molecule has 7 nitrogen and oxygen atoms in total. The molecule has 1 heterocycles. The summed E-state index contributed by atoms with van der Waals surface area (Å²) in [4.78, 5) is 26.6. The molecular weight excluding hydrogens is 368 g/mol. The van der Waals surface area contributed by atoms with Gasteiger partial charge >= 0.3 is 0 Å². The van der Waals surface area contributed by atoms with Gasteiger partial charge in [-0.25, -0.2) is 0 Å². The average Bonchev–Trinajstić information content (AvgIpc) is 2.73. The minimum Gasteiger partial charge on any atom is -0.495 e. The Morgan fingerprint density at radius 1 is 1.07 bits per heavy atom. The lowest BCUT2D eigenvalue weighted by Gasteiger charge is -2.29. The summed E-state index contributed by atoms with van der Waals surface area (Å²) in [5.74, 6) is -0.177. The van der Waals surface area contributed by atoms with Crippen LogP contribution in [0.4, 0.5) is 17.1 Å². The second-order valence-corrected chi connectivity index (χ2v) is 7.25.